The second-order valence-electron chi connectivity index (χ2n) is 5.63. The van der Waals surface area contributed by atoms with E-state index in [0.29, 0.717) is 12.1 Å². The highest BCUT2D eigenvalue weighted by atomic mass is 32.2. The number of hydrogen-bond donors (Lipinski definition) is 3. The maximum atomic E-state index is 12.4. The molecule has 6 heteroatoms. The predicted octanol–water partition coefficient (Wildman–Crippen LogP) is 1.34. The molecule has 2 aliphatic rings. The van der Waals surface area contributed by atoms with E-state index in [1.165, 1.54) is 18.2 Å². The zero-order valence-corrected chi connectivity index (χ0v) is 12.5. The van der Waals surface area contributed by atoms with Gasteiger partial charge in [-0.25, -0.2) is 0 Å². The van der Waals surface area contributed by atoms with Gasteiger partial charge in [0.2, 0.25) is 11.8 Å². The SMILES string of the molecule is NC(=O)CSc1ccccc1NC(=O)C1CC2CCC1N2. The molecular formula is C15H19N3O2S. The zero-order chi connectivity index (χ0) is 14.8. The van der Waals surface area contributed by atoms with Gasteiger partial charge < -0.3 is 16.4 Å². The van der Waals surface area contributed by atoms with E-state index in [4.69, 9.17) is 5.73 Å². The Labute approximate surface area is 128 Å². The summed E-state index contributed by atoms with van der Waals surface area (Å²) in [5.74, 6) is -0.0269. The summed E-state index contributed by atoms with van der Waals surface area (Å²) >= 11 is 1.35. The predicted molar refractivity (Wildman–Crippen MR) is 83.0 cm³/mol. The van der Waals surface area contributed by atoms with Gasteiger partial charge in [-0.15, -0.1) is 11.8 Å². The Morgan fingerprint density at radius 2 is 2.14 bits per heavy atom. The van der Waals surface area contributed by atoms with E-state index in [2.05, 4.69) is 10.6 Å². The molecule has 5 nitrogen and oxygen atoms in total. The third-order valence-electron chi connectivity index (χ3n) is 4.15. The Bertz CT molecular complexity index is 564. The maximum Gasteiger partial charge on any atom is 0.229 e. The van der Waals surface area contributed by atoms with Crippen molar-refractivity contribution in [3.63, 3.8) is 0 Å². The van der Waals surface area contributed by atoms with E-state index >= 15 is 0 Å². The molecule has 0 saturated carbocycles. The first kappa shape index (κ1) is 14.4. The molecule has 0 aliphatic carbocycles. The van der Waals surface area contributed by atoms with Crippen molar-refractivity contribution in [3.05, 3.63) is 24.3 Å². The molecule has 21 heavy (non-hydrogen) atoms. The van der Waals surface area contributed by atoms with Gasteiger partial charge in [0.05, 0.1) is 17.4 Å². The molecule has 2 saturated heterocycles. The van der Waals surface area contributed by atoms with E-state index in [0.717, 1.165) is 23.4 Å². The summed E-state index contributed by atoms with van der Waals surface area (Å²) in [4.78, 5) is 24.2. The van der Waals surface area contributed by atoms with Crippen LogP contribution in [0.2, 0.25) is 0 Å². The van der Waals surface area contributed by atoms with Crippen molar-refractivity contribution in [2.45, 2.75) is 36.2 Å². The maximum absolute atomic E-state index is 12.4. The van der Waals surface area contributed by atoms with Gasteiger partial charge in [0.25, 0.3) is 0 Å². The highest BCUT2D eigenvalue weighted by Crippen LogP contribution is 2.35. The second kappa shape index (κ2) is 6.07. The van der Waals surface area contributed by atoms with E-state index in [-0.39, 0.29) is 23.5 Å². The average molecular weight is 305 g/mol. The first-order valence-electron chi connectivity index (χ1n) is 7.20. The van der Waals surface area contributed by atoms with Crippen LogP contribution in [0.25, 0.3) is 0 Å². The fraction of sp³-hybridized carbons (Fsp3) is 0.467. The highest BCUT2D eigenvalue weighted by Gasteiger charge is 2.42. The summed E-state index contributed by atoms with van der Waals surface area (Å²) in [5.41, 5.74) is 5.94. The normalized spacial score (nSPS) is 26.8. The van der Waals surface area contributed by atoms with Gasteiger partial charge in [0.1, 0.15) is 0 Å². The van der Waals surface area contributed by atoms with E-state index in [9.17, 15) is 9.59 Å². The lowest BCUT2D eigenvalue weighted by Crippen LogP contribution is -2.32. The largest absolute Gasteiger partial charge is 0.369 e. The number of para-hydroxylation sites is 1. The number of hydrogen-bond acceptors (Lipinski definition) is 4. The minimum Gasteiger partial charge on any atom is -0.369 e. The zero-order valence-electron chi connectivity index (χ0n) is 11.7. The molecule has 4 N–H and O–H groups in total. The summed E-state index contributed by atoms with van der Waals surface area (Å²) < 4.78 is 0. The van der Waals surface area contributed by atoms with Crippen molar-refractivity contribution in [2.75, 3.05) is 11.1 Å². The van der Waals surface area contributed by atoms with Crippen molar-refractivity contribution < 1.29 is 9.59 Å². The van der Waals surface area contributed by atoms with E-state index in [1.54, 1.807) is 0 Å². The standard InChI is InChI=1S/C15H19N3O2S/c16-14(19)8-21-13-4-2-1-3-12(13)18-15(20)10-7-9-5-6-11(10)17-9/h1-4,9-11,17H,5-8H2,(H2,16,19)(H,18,20). The molecule has 3 atom stereocenters. The van der Waals surface area contributed by atoms with Gasteiger partial charge in [-0.3, -0.25) is 9.59 Å². The Morgan fingerprint density at radius 1 is 1.33 bits per heavy atom. The monoisotopic (exact) mass is 305 g/mol. The van der Waals surface area contributed by atoms with Crippen LogP contribution in [0.5, 0.6) is 0 Å². The van der Waals surface area contributed by atoms with Gasteiger partial charge in [-0.05, 0) is 31.4 Å². The molecule has 2 amide bonds. The summed E-state index contributed by atoms with van der Waals surface area (Å²) in [7, 11) is 0. The van der Waals surface area contributed by atoms with E-state index < -0.39 is 0 Å². The van der Waals surface area contributed by atoms with Gasteiger partial charge >= 0.3 is 0 Å². The van der Waals surface area contributed by atoms with Crippen LogP contribution in [-0.2, 0) is 9.59 Å². The molecule has 0 radical (unpaired) electrons. The second-order valence-corrected chi connectivity index (χ2v) is 6.65. The molecule has 3 rings (SSSR count). The fourth-order valence-electron chi connectivity index (χ4n) is 3.18. The Morgan fingerprint density at radius 3 is 2.81 bits per heavy atom. The summed E-state index contributed by atoms with van der Waals surface area (Å²) in [5, 5.41) is 6.48. The van der Waals surface area contributed by atoms with Crippen LogP contribution < -0.4 is 16.4 Å². The molecule has 112 valence electrons. The number of nitrogens with two attached hydrogens (primary N) is 1. The van der Waals surface area contributed by atoms with Crippen molar-refractivity contribution >= 4 is 29.3 Å². The minimum absolute atomic E-state index is 0.0537. The van der Waals surface area contributed by atoms with Crippen LogP contribution in [0.3, 0.4) is 0 Å². The van der Waals surface area contributed by atoms with E-state index in [1.807, 2.05) is 24.3 Å². The molecule has 2 bridgehead atoms. The number of rotatable bonds is 5. The van der Waals surface area contributed by atoms with Crippen LogP contribution in [-0.4, -0.2) is 29.7 Å². The molecule has 1 aromatic rings. The fourth-order valence-corrected chi connectivity index (χ4v) is 3.93. The van der Waals surface area contributed by atoms with Crippen LogP contribution in [0.1, 0.15) is 19.3 Å². The summed E-state index contributed by atoms with van der Waals surface area (Å²) in [6, 6.07) is 8.34. The molecule has 0 aromatic heterocycles. The van der Waals surface area contributed by atoms with Crippen molar-refractivity contribution in [1.82, 2.24) is 5.32 Å². The van der Waals surface area contributed by atoms with Crippen molar-refractivity contribution in [1.29, 1.82) is 0 Å². The number of thioether (sulfide) groups is 1. The Kier molecular flexibility index (Phi) is 4.17. The molecule has 2 heterocycles. The highest BCUT2D eigenvalue weighted by molar-refractivity contribution is 8.00. The molecule has 1 aromatic carbocycles. The van der Waals surface area contributed by atoms with Gasteiger partial charge in [0, 0.05) is 17.0 Å². The smallest absolute Gasteiger partial charge is 0.229 e. The number of anilines is 1. The number of nitrogens with one attached hydrogen (secondary N) is 2. The quantitative estimate of drug-likeness (QED) is 0.717. The average Bonchev–Trinajstić information content (AvgIpc) is 3.09. The molecule has 2 fully saturated rings. The molecule has 0 spiro atoms. The molecular weight excluding hydrogens is 286 g/mol. The summed E-state index contributed by atoms with van der Waals surface area (Å²) in [6.07, 6.45) is 3.19. The third kappa shape index (κ3) is 3.22. The lowest BCUT2D eigenvalue weighted by atomic mass is 9.88. The number of amides is 2. The number of benzene rings is 1. The number of carbonyl (C=O) groups excluding carboxylic acids is 2. The minimum atomic E-state index is -0.363. The third-order valence-corrected chi connectivity index (χ3v) is 5.25. The Hall–Kier alpha value is -1.53. The Balaban J connectivity index is 1.67. The van der Waals surface area contributed by atoms with Crippen molar-refractivity contribution in [3.8, 4) is 0 Å². The molecule has 3 unspecified atom stereocenters. The van der Waals surface area contributed by atoms with Crippen molar-refractivity contribution in [2.24, 2.45) is 11.7 Å². The van der Waals surface area contributed by atoms with Gasteiger partial charge in [-0.1, -0.05) is 12.1 Å². The number of fused-ring (bicyclic) bond motifs is 2. The lowest BCUT2D eigenvalue weighted by molar-refractivity contribution is -0.120. The van der Waals surface area contributed by atoms with Gasteiger partial charge in [-0.2, -0.15) is 0 Å². The van der Waals surface area contributed by atoms with Crippen LogP contribution in [0, 0.1) is 5.92 Å². The lowest BCUT2D eigenvalue weighted by Gasteiger charge is -2.20. The summed E-state index contributed by atoms with van der Waals surface area (Å²) in [6.45, 7) is 0. The van der Waals surface area contributed by atoms with Crippen LogP contribution >= 0.6 is 11.8 Å². The van der Waals surface area contributed by atoms with Crippen LogP contribution in [0.15, 0.2) is 29.2 Å². The number of carbonyl (C=O) groups is 2. The molecule has 2 aliphatic heterocycles. The topological polar surface area (TPSA) is 84.2 Å². The first-order valence-corrected chi connectivity index (χ1v) is 8.19. The van der Waals surface area contributed by atoms with Crippen LogP contribution in [0.4, 0.5) is 5.69 Å². The first-order chi connectivity index (χ1) is 10.1. The van der Waals surface area contributed by atoms with Gasteiger partial charge in [0.15, 0.2) is 0 Å². The number of primary amides is 1.